The molecule has 188 valence electrons. The molecule has 0 aliphatic carbocycles. The number of benzene rings is 2. The highest BCUT2D eigenvalue weighted by Gasteiger charge is 2.28. The molecule has 36 heavy (non-hydrogen) atoms. The molecule has 3 heterocycles. The number of hydrogen-bond acceptors (Lipinski definition) is 6. The number of rotatable bonds is 5. The highest BCUT2D eigenvalue weighted by Crippen LogP contribution is 2.32. The largest absolute Gasteiger partial charge is 0.438 e. The molecule has 2 aliphatic heterocycles. The lowest BCUT2D eigenvalue weighted by Crippen LogP contribution is -2.45. The molecule has 5 rings (SSSR count). The smallest absolute Gasteiger partial charge is 0.229 e. The van der Waals surface area contributed by atoms with Crippen molar-refractivity contribution in [1.82, 2.24) is 19.8 Å². The van der Waals surface area contributed by atoms with E-state index in [0.717, 1.165) is 44.0 Å². The van der Waals surface area contributed by atoms with Gasteiger partial charge in [-0.2, -0.15) is 4.98 Å². The Morgan fingerprint density at radius 2 is 1.69 bits per heavy atom. The maximum absolute atomic E-state index is 13.9. The Hall–Kier alpha value is -3.66. The number of amides is 1. The van der Waals surface area contributed by atoms with Crippen LogP contribution >= 0.6 is 0 Å². The first-order valence-electron chi connectivity index (χ1n) is 11.8. The van der Waals surface area contributed by atoms with Gasteiger partial charge in [-0.25, -0.2) is 18.2 Å². The SMILES string of the molecule is CN1CCN(c2nc3c(c(Oc4ccc(F)c(F)c4)n2)CN(C(=O)Cc2ccc(F)cc2)CC3)CC1. The lowest BCUT2D eigenvalue weighted by Gasteiger charge is -2.34. The maximum Gasteiger partial charge on any atom is 0.229 e. The summed E-state index contributed by atoms with van der Waals surface area (Å²) in [4.78, 5) is 28.4. The fourth-order valence-electron chi connectivity index (χ4n) is 4.36. The third-order valence-electron chi connectivity index (χ3n) is 6.52. The number of aromatic nitrogens is 2. The molecule has 2 aromatic carbocycles. The first-order chi connectivity index (χ1) is 17.4. The summed E-state index contributed by atoms with van der Waals surface area (Å²) in [6.07, 6.45) is 0.636. The molecule has 10 heteroatoms. The summed E-state index contributed by atoms with van der Waals surface area (Å²) in [6, 6.07) is 9.15. The lowest BCUT2D eigenvalue weighted by atomic mass is 10.0. The standard InChI is InChI=1S/C26H26F3N5O2/c1-32-10-12-33(13-11-32)26-30-23-8-9-34(24(35)14-17-2-4-18(27)5-3-17)16-20(23)25(31-26)36-19-6-7-21(28)22(29)15-19/h2-7,15H,8-14,16H2,1H3. The number of carbonyl (C=O) groups is 1. The minimum absolute atomic E-state index is 0.105. The van der Waals surface area contributed by atoms with Crippen molar-refractivity contribution in [2.75, 3.05) is 44.7 Å². The molecule has 0 atom stereocenters. The molecule has 7 nitrogen and oxygen atoms in total. The zero-order valence-corrected chi connectivity index (χ0v) is 19.9. The zero-order chi connectivity index (χ0) is 25.2. The Morgan fingerprint density at radius 1 is 0.944 bits per heavy atom. The average molecular weight is 498 g/mol. The van der Waals surface area contributed by atoms with Gasteiger partial charge in [-0.15, -0.1) is 0 Å². The first kappa shape index (κ1) is 24.1. The summed E-state index contributed by atoms with van der Waals surface area (Å²) in [5.41, 5.74) is 2.12. The summed E-state index contributed by atoms with van der Waals surface area (Å²) >= 11 is 0. The second kappa shape index (κ2) is 10.1. The Labute approximate surface area is 207 Å². The van der Waals surface area contributed by atoms with Crippen LogP contribution in [0.2, 0.25) is 0 Å². The van der Waals surface area contributed by atoms with Crippen molar-refractivity contribution in [3.8, 4) is 11.6 Å². The molecule has 1 aromatic heterocycles. The molecule has 0 radical (unpaired) electrons. The van der Waals surface area contributed by atoms with Crippen molar-refractivity contribution >= 4 is 11.9 Å². The lowest BCUT2D eigenvalue weighted by molar-refractivity contribution is -0.131. The van der Waals surface area contributed by atoms with Crippen LogP contribution in [-0.4, -0.2) is 65.4 Å². The number of anilines is 1. The van der Waals surface area contributed by atoms with Crippen molar-refractivity contribution in [3.63, 3.8) is 0 Å². The Kier molecular flexibility index (Phi) is 6.77. The van der Waals surface area contributed by atoms with Gasteiger partial charge in [0.15, 0.2) is 11.6 Å². The van der Waals surface area contributed by atoms with Gasteiger partial charge in [0.1, 0.15) is 11.6 Å². The third-order valence-corrected chi connectivity index (χ3v) is 6.52. The molecule has 0 bridgehead atoms. The topological polar surface area (TPSA) is 61.8 Å². The molecule has 0 saturated carbocycles. The minimum Gasteiger partial charge on any atom is -0.438 e. The monoisotopic (exact) mass is 497 g/mol. The van der Waals surface area contributed by atoms with Crippen molar-refractivity contribution in [1.29, 1.82) is 0 Å². The van der Waals surface area contributed by atoms with Gasteiger partial charge < -0.3 is 19.4 Å². The van der Waals surface area contributed by atoms with Gasteiger partial charge in [-0.05, 0) is 36.9 Å². The van der Waals surface area contributed by atoms with Crippen molar-refractivity contribution in [3.05, 3.63) is 76.7 Å². The van der Waals surface area contributed by atoms with Crippen molar-refractivity contribution in [2.45, 2.75) is 19.4 Å². The zero-order valence-electron chi connectivity index (χ0n) is 19.9. The number of nitrogens with zero attached hydrogens (tertiary/aromatic N) is 5. The number of likely N-dealkylation sites (N-methyl/N-ethyl adjacent to an activating group) is 1. The second-order valence-electron chi connectivity index (χ2n) is 9.09. The van der Waals surface area contributed by atoms with E-state index in [9.17, 15) is 18.0 Å². The van der Waals surface area contributed by atoms with Crippen LogP contribution < -0.4 is 9.64 Å². The second-order valence-corrected chi connectivity index (χ2v) is 9.09. The van der Waals surface area contributed by atoms with Crippen LogP contribution in [0.1, 0.15) is 16.8 Å². The number of ether oxygens (including phenoxy) is 1. The highest BCUT2D eigenvalue weighted by atomic mass is 19.2. The molecular formula is C26H26F3N5O2. The van der Waals surface area contributed by atoms with E-state index in [4.69, 9.17) is 9.72 Å². The van der Waals surface area contributed by atoms with Crippen LogP contribution in [0, 0.1) is 17.5 Å². The molecule has 0 N–H and O–H groups in total. The Balaban J connectivity index is 1.43. The summed E-state index contributed by atoms with van der Waals surface area (Å²) in [5.74, 6) is -1.62. The van der Waals surface area contributed by atoms with Crippen LogP contribution in [0.25, 0.3) is 0 Å². The normalized spacial score (nSPS) is 16.1. The highest BCUT2D eigenvalue weighted by molar-refractivity contribution is 5.79. The van der Waals surface area contributed by atoms with Gasteiger partial charge in [0.05, 0.1) is 24.2 Å². The molecule has 0 spiro atoms. The fraction of sp³-hybridized carbons (Fsp3) is 0.346. The number of hydrogen-bond donors (Lipinski definition) is 0. The predicted molar refractivity (Wildman–Crippen MR) is 127 cm³/mol. The van der Waals surface area contributed by atoms with E-state index < -0.39 is 11.6 Å². The van der Waals surface area contributed by atoms with Crippen molar-refractivity contribution < 1.29 is 22.7 Å². The fourth-order valence-corrected chi connectivity index (χ4v) is 4.36. The van der Waals surface area contributed by atoms with Crippen LogP contribution in [0.3, 0.4) is 0 Å². The van der Waals surface area contributed by atoms with Crippen molar-refractivity contribution in [2.24, 2.45) is 0 Å². The van der Waals surface area contributed by atoms with E-state index >= 15 is 0 Å². The molecule has 0 unspecified atom stereocenters. The van der Waals surface area contributed by atoms with E-state index in [2.05, 4.69) is 21.8 Å². The summed E-state index contributed by atoms with van der Waals surface area (Å²) < 4.78 is 46.5. The number of carbonyl (C=O) groups excluding carboxylic acids is 1. The molecule has 1 saturated heterocycles. The minimum atomic E-state index is -1.02. The van der Waals surface area contributed by atoms with E-state index in [1.54, 1.807) is 17.0 Å². The Morgan fingerprint density at radius 3 is 2.42 bits per heavy atom. The molecule has 2 aliphatic rings. The van der Waals surface area contributed by atoms with Gasteiger partial charge in [0, 0.05) is 45.2 Å². The predicted octanol–water partition coefficient (Wildman–Crippen LogP) is 3.57. The molecule has 3 aromatic rings. The molecular weight excluding hydrogens is 471 g/mol. The van der Waals surface area contributed by atoms with Crippen LogP contribution in [-0.2, 0) is 24.2 Å². The van der Waals surface area contributed by atoms with E-state index in [-0.39, 0.29) is 36.3 Å². The van der Waals surface area contributed by atoms with E-state index in [1.807, 2.05) is 0 Å². The van der Waals surface area contributed by atoms with Gasteiger partial charge in [-0.1, -0.05) is 12.1 Å². The number of fused-ring (bicyclic) bond motifs is 1. The summed E-state index contributed by atoms with van der Waals surface area (Å²) in [5, 5.41) is 0. The maximum atomic E-state index is 13.9. The van der Waals surface area contributed by atoms with Crippen LogP contribution in [0.5, 0.6) is 11.6 Å². The Bertz CT molecular complexity index is 1260. The van der Waals surface area contributed by atoms with Crippen LogP contribution in [0.15, 0.2) is 42.5 Å². The average Bonchev–Trinajstić information content (AvgIpc) is 2.87. The van der Waals surface area contributed by atoms with E-state index in [0.29, 0.717) is 30.0 Å². The summed E-state index contributed by atoms with van der Waals surface area (Å²) in [6.45, 7) is 3.93. The van der Waals surface area contributed by atoms with Gasteiger partial charge in [0.2, 0.25) is 17.7 Å². The molecule has 1 amide bonds. The molecule has 1 fully saturated rings. The first-order valence-corrected chi connectivity index (χ1v) is 11.8. The quantitative estimate of drug-likeness (QED) is 0.537. The van der Waals surface area contributed by atoms with Gasteiger partial charge in [0.25, 0.3) is 0 Å². The summed E-state index contributed by atoms with van der Waals surface area (Å²) in [7, 11) is 2.06. The van der Waals surface area contributed by atoms with E-state index in [1.165, 1.54) is 18.2 Å². The third kappa shape index (κ3) is 5.28. The number of halogens is 3. The van der Waals surface area contributed by atoms with Gasteiger partial charge >= 0.3 is 0 Å². The number of piperazine rings is 1. The van der Waals surface area contributed by atoms with Gasteiger partial charge in [-0.3, -0.25) is 4.79 Å². The van der Waals surface area contributed by atoms with Crippen LogP contribution in [0.4, 0.5) is 19.1 Å².